The van der Waals surface area contributed by atoms with E-state index >= 15 is 0 Å². The molecule has 4 heteroatoms. The summed E-state index contributed by atoms with van der Waals surface area (Å²) < 4.78 is 11.0. The molecule has 76 valence electrons. The first-order valence-corrected chi connectivity index (χ1v) is 6.12. The first-order chi connectivity index (χ1) is 6.07. The van der Waals surface area contributed by atoms with Crippen LogP contribution >= 0.6 is 0 Å². The Kier molecular flexibility index (Phi) is 6.83. The fraction of sp³-hybridized carbons (Fsp3) is 0.889. The van der Waals surface area contributed by atoms with Crippen LogP contribution in [0.1, 0.15) is 20.3 Å². The summed E-state index contributed by atoms with van der Waals surface area (Å²) in [7, 11) is -0.731. The lowest BCUT2D eigenvalue weighted by Gasteiger charge is -2.09. The van der Waals surface area contributed by atoms with E-state index in [9.17, 15) is 4.21 Å². The van der Waals surface area contributed by atoms with E-state index < -0.39 is 10.8 Å². The molecule has 0 spiro atoms. The molecule has 0 bridgehead atoms. The SMILES string of the molecule is CC(C#N)CNCCC(C)S(C)=O. The molecule has 3 atom stereocenters. The lowest BCUT2D eigenvalue weighted by molar-refractivity contribution is 0.579. The van der Waals surface area contributed by atoms with Crippen molar-refractivity contribution in [1.82, 2.24) is 5.32 Å². The minimum atomic E-state index is -0.731. The Morgan fingerprint density at radius 2 is 2.15 bits per heavy atom. The van der Waals surface area contributed by atoms with Crippen LogP contribution in [0.25, 0.3) is 0 Å². The van der Waals surface area contributed by atoms with Crippen molar-refractivity contribution in [2.45, 2.75) is 25.5 Å². The van der Waals surface area contributed by atoms with Gasteiger partial charge in [-0.25, -0.2) is 0 Å². The van der Waals surface area contributed by atoms with Crippen molar-refractivity contribution >= 4 is 10.8 Å². The Hall–Kier alpha value is -0.400. The number of nitrogens with one attached hydrogen (secondary N) is 1. The summed E-state index contributed by atoms with van der Waals surface area (Å²) in [6, 6.07) is 2.15. The zero-order valence-electron chi connectivity index (χ0n) is 8.54. The van der Waals surface area contributed by atoms with Gasteiger partial charge in [0.2, 0.25) is 0 Å². The standard InChI is InChI=1S/C9H18N2OS/c1-8(6-10)7-11-5-4-9(2)13(3)12/h8-9,11H,4-5,7H2,1-3H3. The van der Waals surface area contributed by atoms with Gasteiger partial charge in [-0.05, 0) is 19.9 Å². The normalized spacial score (nSPS) is 17.4. The second-order valence-electron chi connectivity index (χ2n) is 3.33. The van der Waals surface area contributed by atoms with Crippen LogP contribution in [0.15, 0.2) is 0 Å². The summed E-state index contributed by atoms with van der Waals surface area (Å²) in [6.45, 7) is 5.42. The van der Waals surface area contributed by atoms with E-state index in [1.807, 2.05) is 13.8 Å². The van der Waals surface area contributed by atoms with Gasteiger partial charge >= 0.3 is 0 Å². The number of rotatable bonds is 6. The van der Waals surface area contributed by atoms with Crippen molar-refractivity contribution in [3.8, 4) is 6.07 Å². The minimum Gasteiger partial charge on any atom is -0.315 e. The van der Waals surface area contributed by atoms with Crippen molar-refractivity contribution in [1.29, 1.82) is 5.26 Å². The van der Waals surface area contributed by atoms with Gasteiger partial charge in [-0.1, -0.05) is 6.92 Å². The van der Waals surface area contributed by atoms with E-state index in [0.29, 0.717) is 0 Å². The Morgan fingerprint density at radius 3 is 2.62 bits per heavy atom. The molecule has 0 heterocycles. The molecule has 0 radical (unpaired) electrons. The second kappa shape index (κ2) is 7.05. The second-order valence-corrected chi connectivity index (χ2v) is 5.13. The van der Waals surface area contributed by atoms with Gasteiger partial charge < -0.3 is 5.32 Å². The maximum Gasteiger partial charge on any atom is 0.0666 e. The summed E-state index contributed by atoms with van der Waals surface area (Å²) in [5.41, 5.74) is 0. The predicted molar refractivity (Wildman–Crippen MR) is 55.8 cm³/mol. The van der Waals surface area contributed by atoms with Gasteiger partial charge in [0.15, 0.2) is 0 Å². The van der Waals surface area contributed by atoms with Crippen molar-refractivity contribution in [3.05, 3.63) is 0 Å². The average Bonchev–Trinajstić information content (AvgIpc) is 2.11. The summed E-state index contributed by atoms with van der Waals surface area (Å²) in [5, 5.41) is 11.9. The first-order valence-electron chi connectivity index (χ1n) is 4.50. The van der Waals surface area contributed by atoms with Crippen molar-refractivity contribution in [2.75, 3.05) is 19.3 Å². The quantitative estimate of drug-likeness (QED) is 0.651. The molecular formula is C9H18N2OS. The summed E-state index contributed by atoms with van der Waals surface area (Å²) in [4.78, 5) is 0. The molecule has 3 unspecified atom stereocenters. The largest absolute Gasteiger partial charge is 0.315 e. The third-order valence-electron chi connectivity index (χ3n) is 1.97. The molecule has 0 amide bonds. The van der Waals surface area contributed by atoms with Crippen LogP contribution < -0.4 is 5.32 Å². The Balaban J connectivity index is 3.37. The van der Waals surface area contributed by atoms with Gasteiger partial charge in [0, 0.05) is 28.9 Å². The summed E-state index contributed by atoms with van der Waals surface area (Å²) in [5.74, 6) is 0.0578. The van der Waals surface area contributed by atoms with E-state index in [1.54, 1.807) is 6.26 Å². The minimum absolute atomic E-state index is 0.0578. The number of hydrogen-bond donors (Lipinski definition) is 1. The highest BCUT2D eigenvalue weighted by Gasteiger charge is 2.05. The van der Waals surface area contributed by atoms with Crippen LogP contribution in [-0.4, -0.2) is 28.8 Å². The highest BCUT2D eigenvalue weighted by molar-refractivity contribution is 7.84. The van der Waals surface area contributed by atoms with Gasteiger partial charge in [0.25, 0.3) is 0 Å². The van der Waals surface area contributed by atoms with Crippen LogP contribution in [0.3, 0.4) is 0 Å². The highest BCUT2D eigenvalue weighted by atomic mass is 32.2. The summed E-state index contributed by atoms with van der Waals surface area (Å²) >= 11 is 0. The van der Waals surface area contributed by atoms with Crippen LogP contribution in [0.4, 0.5) is 0 Å². The van der Waals surface area contributed by atoms with Crippen LogP contribution in [0.2, 0.25) is 0 Å². The molecule has 0 aromatic heterocycles. The number of nitriles is 1. The van der Waals surface area contributed by atoms with E-state index in [-0.39, 0.29) is 11.2 Å². The molecule has 0 aromatic rings. The van der Waals surface area contributed by atoms with Gasteiger partial charge in [-0.15, -0.1) is 0 Å². The smallest absolute Gasteiger partial charge is 0.0666 e. The molecule has 0 aromatic carbocycles. The molecule has 0 saturated heterocycles. The van der Waals surface area contributed by atoms with Crippen LogP contribution in [0.5, 0.6) is 0 Å². The van der Waals surface area contributed by atoms with Gasteiger partial charge in [-0.3, -0.25) is 4.21 Å². The van der Waals surface area contributed by atoms with Gasteiger partial charge in [-0.2, -0.15) is 5.26 Å². The Labute approximate surface area is 83.0 Å². The monoisotopic (exact) mass is 202 g/mol. The Bertz CT molecular complexity index is 200. The molecule has 0 aliphatic rings. The fourth-order valence-electron chi connectivity index (χ4n) is 0.836. The maximum atomic E-state index is 11.0. The summed E-state index contributed by atoms with van der Waals surface area (Å²) in [6.07, 6.45) is 2.63. The van der Waals surface area contributed by atoms with E-state index in [1.165, 1.54) is 0 Å². The zero-order valence-corrected chi connectivity index (χ0v) is 9.36. The molecule has 0 saturated carbocycles. The third kappa shape index (κ3) is 6.73. The van der Waals surface area contributed by atoms with Gasteiger partial charge in [0.05, 0.1) is 12.0 Å². The average molecular weight is 202 g/mol. The van der Waals surface area contributed by atoms with Gasteiger partial charge in [0.1, 0.15) is 0 Å². The molecule has 1 N–H and O–H groups in total. The number of hydrogen-bond acceptors (Lipinski definition) is 3. The molecule has 13 heavy (non-hydrogen) atoms. The zero-order chi connectivity index (χ0) is 10.3. The number of nitrogens with zero attached hydrogens (tertiary/aromatic N) is 1. The lowest BCUT2D eigenvalue weighted by Crippen LogP contribution is -2.25. The molecule has 0 fully saturated rings. The van der Waals surface area contributed by atoms with Crippen molar-refractivity contribution in [2.24, 2.45) is 5.92 Å². The van der Waals surface area contributed by atoms with E-state index in [0.717, 1.165) is 19.5 Å². The van der Waals surface area contributed by atoms with E-state index in [4.69, 9.17) is 5.26 Å². The highest BCUT2D eigenvalue weighted by Crippen LogP contribution is 1.97. The lowest BCUT2D eigenvalue weighted by atomic mass is 10.2. The Morgan fingerprint density at radius 1 is 1.54 bits per heavy atom. The maximum absolute atomic E-state index is 11.0. The van der Waals surface area contributed by atoms with Crippen molar-refractivity contribution in [3.63, 3.8) is 0 Å². The first kappa shape index (κ1) is 12.6. The topological polar surface area (TPSA) is 52.9 Å². The third-order valence-corrected chi connectivity index (χ3v) is 3.33. The molecule has 3 nitrogen and oxygen atoms in total. The predicted octanol–water partition coefficient (Wildman–Crippen LogP) is 0.893. The molecule has 0 aliphatic carbocycles. The fourth-order valence-corrected chi connectivity index (χ4v) is 1.29. The molecular weight excluding hydrogens is 184 g/mol. The van der Waals surface area contributed by atoms with Crippen LogP contribution in [-0.2, 0) is 10.8 Å². The van der Waals surface area contributed by atoms with Crippen LogP contribution in [0, 0.1) is 17.2 Å². The van der Waals surface area contributed by atoms with E-state index in [2.05, 4.69) is 11.4 Å². The molecule has 0 aliphatic heterocycles. The molecule has 0 rings (SSSR count). The van der Waals surface area contributed by atoms with Crippen molar-refractivity contribution < 1.29 is 4.21 Å².